The summed E-state index contributed by atoms with van der Waals surface area (Å²) in [4.78, 5) is 13.7. The number of hydrogen-bond acceptors (Lipinski definition) is 3. The molecule has 0 heterocycles. The number of carbonyl (C=O) groups excluding carboxylic acids is 1. The number of rotatable bonds is 8. The molecule has 0 fully saturated rings. The highest BCUT2D eigenvalue weighted by molar-refractivity contribution is 5.81. The number of nitrogens with one attached hydrogen (secondary N) is 1. The molecule has 4 heteroatoms. The molecular formula is C12H27N3O. The third-order valence-corrected chi connectivity index (χ3v) is 2.81. The monoisotopic (exact) mass is 229 g/mol. The molecule has 0 aromatic heterocycles. The van der Waals surface area contributed by atoms with E-state index in [1.807, 2.05) is 6.92 Å². The summed E-state index contributed by atoms with van der Waals surface area (Å²) in [7, 11) is 0. The molecule has 2 atom stereocenters. The molecule has 0 aliphatic carbocycles. The highest BCUT2D eigenvalue weighted by atomic mass is 16.2. The summed E-state index contributed by atoms with van der Waals surface area (Å²) in [5.74, 6) is -0.0599. The molecule has 4 nitrogen and oxygen atoms in total. The third-order valence-electron chi connectivity index (χ3n) is 2.81. The molecule has 0 radical (unpaired) electrons. The van der Waals surface area contributed by atoms with Gasteiger partial charge in [0.2, 0.25) is 5.91 Å². The van der Waals surface area contributed by atoms with Crippen LogP contribution in [0, 0.1) is 0 Å². The maximum absolute atomic E-state index is 11.3. The minimum absolute atomic E-state index is 0.0599. The molecule has 0 bridgehead atoms. The predicted molar refractivity (Wildman–Crippen MR) is 68.3 cm³/mol. The molecule has 2 unspecified atom stereocenters. The Hall–Kier alpha value is -0.610. The van der Waals surface area contributed by atoms with Crippen molar-refractivity contribution in [1.82, 2.24) is 10.2 Å². The first-order valence-electron chi connectivity index (χ1n) is 6.29. The largest absolute Gasteiger partial charge is 0.352 e. The van der Waals surface area contributed by atoms with Gasteiger partial charge >= 0.3 is 0 Å². The molecule has 16 heavy (non-hydrogen) atoms. The van der Waals surface area contributed by atoms with Gasteiger partial charge in [0.05, 0.1) is 6.04 Å². The second-order valence-corrected chi connectivity index (χ2v) is 4.37. The van der Waals surface area contributed by atoms with E-state index in [1.54, 1.807) is 6.92 Å². The van der Waals surface area contributed by atoms with Gasteiger partial charge in [0.25, 0.3) is 0 Å². The summed E-state index contributed by atoms with van der Waals surface area (Å²) >= 11 is 0. The quantitative estimate of drug-likeness (QED) is 0.652. The Morgan fingerprint density at radius 1 is 1.31 bits per heavy atom. The van der Waals surface area contributed by atoms with Crippen LogP contribution in [0.3, 0.4) is 0 Å². The average Bonchev–Trinajstić information content (AvgIpc) is 2.24. The summed E-state index contributed by atoms with van der Waals surface area (Å²) in [6, 6.07) is -0.195. The number of amides is 1. The van der Waals surface area contributed by atoms with Gasteiger partial charge in [0.15, 0.2) is 0 Å². The van der Waals surface area contributed by atoms with Crippen molar-refractivity contribution >= 4 is 5.91 Å². The molecule has 0 aliphatic heterocycles. The van der Waals surface area contributed by atoms with Crippen LogP contribution in [0.5, 0.6) is 0 Å². The zero-order valence-electron chi connectivity index (χ0n) is 11.1. The molecule has 0 saturated carbocycles. The second-order valence-electron chi connectivity index (χ2n) is 4.37. The number of carbonyl (C=O) groups is 1. The van der Waals surface area contributed by atoms with E-state index >= 15 is 0 Å². The van der Waals surface area contributed by atoms with Gasteiger partial charge in [0, 0.05) is 6.04 Å². The Morgan fingerprint density at radius 3 is 2.31 bits per heavy atom. The topological polar surface area (TPSA) is 58.4 Å². The van der Waals surface area contributed by atoms with Crippen LogP contribution in [0.1, 0.15) is 40.5 Å². The minimum atomic E-state index is -0.412. The minimum Gasteiger partial charge on any atom is -0.352 e. The van der Waals surface area contributed by atoms with Crippen LogP contribution in [-0.4, -0.2) is 42.5 Å². The standard InChI is InChI=1S/C12H27N3O/c1-5-15(6-2)9-7-8-10(3)14-12(16)11(4)13/h10-11H,5-9,13H2,1-4H3,(H,14,16). The Labute approximate surface area is 99.6 Å². The zero-order chi connectivity index (χ0) is 12.6. The second kappa shape index (κ2) is 8.53. The lowest BCUT2D eigenvalue weighted by Crippen LogP contribution is -2.42. The third kappa shape index (κ3) is 6.80. The van der Waals surface area contributed by atoms with E-state index in [-0.39, 0.29) is 11.9 Å². The van der Waals surface area contributed by atoms with Crippen LogP contribution >= 0.6 is 0 Å². The lowest BCUT2D eigenvalue weighted by atomic mass is 10.1. The molecule has 0 aromatic rings. The van der Waals surface area contributed by atoms with Crippen molar-refractivity contribution in [2.45, 2.75) is 52.6 Å². The smallest absolute Gasteiger partial charge is 0.236 e. The van der Waals surface area contributed by atoms with Crippen molar-refractivity contribution in [2.24, 2.45) is 5.73 Å². The molecule has 3 N–H and O–H groups in total. The van der Waals surface area contributed by atoms with E-state index in [0.29, 0.717) is 0 Å². The van der Waals surface area contributed by atoms with Crippen molar-refractivity contribution < 1.29 is 4.79 Å². The van der Waals surface area contributed by atoms with Gasteiger partial charge in [-0.05, 0) is 46.3 Å². The average molecular weight is 229 g/mol. The molecule has 0 spiro atoms. The maximum Gasteiger partial charge on any atom is 0.236 e. The summed E-state index contributed by atoms with van der Waals surface area (Å²) in [6.45, 7) is 11.4. The van der Waals surface area contributed by atoms with Crippen LogP contribution in [0.2, 0.25) is 0 Å². The van der Waals surface area contributed by atoms with E-state index in [1.165, 1.54) is 0 Å². The van der Waals surface area contributed by atoms with Gasteiger partial charge in [0.1, 0.15) is 0 Å². The molecule has 1 amide bonds. The maximum atomic E-state index is 11.3. The van der Waals surface area contributed by atoms with Gasteiger partial charge in [-0.1, -0.05) is 13.8 Å². The fraction of sp³-hybridized carbons (Fsp3) is 0.917. The van der Waals surface area contributed by atoms with E-state index < -0.39 is 6.04 Å². The van der Waals surface area contributed by atoms with Crippen molar-refractivity contribution in [2.75, 3.05) is 19.6 Å². The Bertz CT molecular complexity index is 191. The van der Waals surface area contributed by atoms with Crippen LogP contribution in [0.4, 0.5) is 0 Å². The number of nitrogens with zero attached hydrogens (tertiary/aromatic N) is 1. The van der Waals surface area contributed by atoms with Crippen LogP contribution in [0.15, 0.2) is 0 Å². The molecule has 0 aliphatic rings. The fourth-order valence-corrected chi connectivity index (χ4v) is 1.61. The van der Waals surface area contributed by atoms with E-state index in [0.717, 1.165) is 32.5 Å². The van der Waals surface area contributed by atoms with Crippen LogP contribution < -0.4 is 11.1 Å². The van der Waals surface area contributed by atoms with Gasteiger partial charge in [-0.25, -0.2) is 0 Å². The Morgan fingerprint density at radius 2 is 1.88 bits per heavy atom. The van der Waals surface area contributed by atoms with E-state index in [2.05, 4.69) is 24.1 Å². The van der Waals surface area contributed by atoms with Crippen molar-refractivity contribution in [3.63, 3.8) is 0 Å². The first kappa shape index (κ1) is 15.4. The van der Waals surface area contributed by atoms with E-state index in [4.69, 9.17) is 5.73 Å². The van der Waals surface area contributed by atoms with Crippen LogP contribution in [-0.2, 0) is 4.79 Å². The summed E-state index contributed by atoms with van der Waals surface area (Å²) < 4.78 is 0. The molecular weight excluding hydrogens is 202 g/mol. The SMILES string of the molecule is CCN(CC)CCCC(C)NC(=O)C(C)N. The van der Waals surface area contributed by atoms with Gasteiger partial charge in [-0.2, -0.15) is 0 Å². The lowest BCUT2D eigenvalue weighted by Gasteiger charge is -2.20. The molecule has 0 saturated heterocycles. The Kier molecular flexibility index (Phi) is 8.21. The van der Waals surface area contributed by atoms with Gasteiger partial charge in [-0.3, -0.25) is 4.79 Å². The lowest BCUT2D eigenvalue weighted by molar-refractivity contribution is -0.122. The van der Waals surface area contributed by atoms with Crippen molar-refractivity contribution in [1.29, 1.82) is 0 Å². The number of hydrogen-bond donors (Lipinski definition) is 2. The number of nitrogens with two attached hydrogens (primary N) is 1. The van der Waals surface area contributed by atoms with E-state index in [9.17, 15) is 4.79 Å². The first-order chi connectivity index (χ1) is 7.51. The van der Waals surface area contributed by atoms with Crippen LogP contribution in [0.25, 0.3) is 0 Å². The summed E-state index contributed by atoms with van der Waals surface area (Å²) in [6.07, 6.45) is 2.12. The Balaban J connectivity index is 3.65. The summed E-state index contributed by atoms with van der Waals surface area (Å²) in [5, 5.41) is 2.91. The first-order valence-corrected chi connectivity index (χ1v) is 6.29. The molecule has 0 aromatic carbocycles. The molecule has 0 rings (SSSR count). The summed E-state index contributed by atoms with van der Waals surface area (Å²) in [5.41, 5.74) is 5.48. The fourth-order valence-electron chi connectivity index (χ4n) is 1.61. The highest BCUT2D eigenvalue weighted by Gasteiger charge is 2.10. The van der Waals surface area contributed by atoms with Crippen molar-refractivity contribution in [3.05, 3.63) is 0 Å². The zero-order valence-corrected chi connectivity index (χ0v) is 11.1. The highest BCUT2D eigenvalue weighted by Crippen LogP contribution is 1.99. The van der Waals surface area contributed by atoms with Gasteiger partial charge < -0.3 is 16.0 Å². The predicted octanol–water partition coefficient (Wildman–Crippen LogP) is 0.960. The molecule has 96 valence electrons. The van der Waals surface area contributed by atoms with Gasteiger partial charge in [-0.15, -0.1) is 0 Å². The normalized spacial score (nSPS) is 14.9. The van der Waals surface area contributed by atoms with Crippen molar-refractivity contribution in [3.8, 4) is 0 Å².